The maximum Gasteiger partial charge on any atom is 0.191 e. The van der Waals surface area contributed by atoms with Gasteiger partial charge in [0.15, 0.2) is 5.96 Å². The number of hydrogen-bond acceptors (Lipinski definition) is 4. The molecule has 2 rings (SSSR count). The number of rotatable bonds is 10. The first-order chi connectivity index (χ1) is 13.1. The lowest BCUT2D eigenvalue weighted by molar-refractivity contribution is 0.00857. The second-order valence-corrected chi connectivity index (χ2v) is 7.13. The van der Waals surface area contributed by atoms with Crippen LogP contribution in [-0.2, 0) is 11.3 Å². The molecule has 0 atom stereocenters. The van der Waals surface area contributed by atoms with Gasteiger partial charge < -0.3 is 25.2 Å². The second-order valence-electron chi connectivity index (χ2n) is 7.13. The van der Waals surface area contributed by atoms with Crippen molar-refractivity contribution in [2.45, 2.75) is 57.6 Å². The molecule has 0 spiro atoms. The maximum absolute atomic E-state index is 10.7. The largest absolute Gasteiger partial charge is 0.497 e. The summed E-state index contributed by atoms with van der Waals surface area (Å²) >= 11 is 0. The summed E-state index contributed by atoms with van der Waals surface area (Å²) < 4.78 is 10.6. The Kier molecular flexibility index (Phi) is 9.42. The van der Waals surface area contributed by atoms with Gasteiger partial charge in [0.2, 0.25) is 0 Å². The van der Waals surface area contributed by atoms with Gasteiger partial charge in [0.05, 0.1) is 19.3 Å². The Labute approximate surface area is 163 Å². The van der Waals surface area contributed by atoms with Crippen molar-refractivity contribution in [2.75, 3.05) is 33.4 Å². The molecule has 0 amide bonds. The topological polar surface area (TPSA) is 75.1 Å². The minimum absolute atomic E-state index is 0.535. The quantitative estimate of drug-likeness (QED) is 0.332. The number of ether oxygens (including phenoxy) is 2. The summed E-state index contributed by atoms with van der Waals surface area (Å²) in [4.78, 5) is 4.68. The first-order valence-corrected chi connectivity index (χ1v) is 10.1. The Bertz CT molecular complexity index is 554. The molecule has 1 fully saturated rings. The summed E-state index contributed by atoms with van der Waals surface area (Å²) in [6.45, 7) is 5.37. The summed E-state index contributed by atoms with van der Waals surface area (Å²) in [5.74, 6) is 1.58. The second kappa shape index (κ2) is 11.8. The average molecular weight is 378 g/mol. The van der Waals surface area contributed by atoms with Crippen LogP contribution in [-0.4, -0.2) is 50.1 Å². The number of methoxy groups -OCH3 is 1. The Balaban J connectivity index is 1.90. The third-order valence-electron chi connectivity index (χ3n) is 4.91. The molecule has 0 heterocycles. The van der Waals surface area contributed by atoms with Crippen molar-refractivity contribution in [3.63, 3.8) is 0 Å². The van der Waals surface area contributed by atoms with Crippen molar-refractivity contribution in [2.24, 2.45) is 4.99 Å². The van der Waals surface area contributed by atoms with Crippen LogP contribution >= 0.6 is 0 Å². The first kappa shape index (κ1) is 21.5. The molecule has 6 nitrogen and oxygen atoms in total. The molecule has 3 N–H and O–H groups in total. The monoisotopic (exact) mass is 377 g/mol. The number of hydrogen-bond donors (Lipinski definition) is 3. The van der Waals surface area contributed by atoms with Crippen LogP contribution < -0.4 is 15.4 Å². The molecule has 0 bridgehead atoms. The number of nitrogens with zero attached hydrogens (tertiary/aromatic N) is 1. The van der Waals surface area contributed by atoms with E-state index in [1.165, 1.54) is 6.42 Å². The van der Waals surface area contributed by atoms with Crippen LogP contribution in [0.2, 0.25) is 0 Å². The van der Waals surface area contributed by atoms with Crippen LogP contribution in [0.5, 0.6) is 5.75 Å². The molecule has 1 aliphatic carbocycles. The SMILES string of the molecule is CCOCCCNC(=NCc1ccc(OC)cc1)NCC1(O)CCCCC1. The summed E-state index contributed by atoms with van der Waals surface area (Å²) in [6, 6.07) is 7.92. The molecule has 1 saturated carbocycles. The molecule has 0 aromatic heterocycles. The number of nitrogens with one attached hydrogen (secondary N) is 2. The van der Waals surface area contributed by atoms with Gasteiger partial charge in [-0.15, -0.1) is 0 Å². The van der Waals surface area contributed by atoms with Gasteiger partial charge in [0.25, 0.3) is 0 Å². The predicted octanol–water partition coefficient (Wildman–Crippen LogP) is 2.85. The minimum Gasteiger partial charge on any atom is -0.497 e. The molecule has 0 radical (unpaired) electrons. The highest BCUT2D eigenvalue weighted by atomic mass is 16.5. The number of aliphatic hydroxyl groups is 1. The van der Waals surface area contributed by atoms with Crippen LogP contribution in [0.15, 0.2) is 29.3 Å². The fourth-order valence-corrected chi connectivity index (χ4v) is 3.24. The van der Waals surface area contributed by atoms with Crippen molar-refractivity contribution >= 4 is 5.96 Å². The molecule has 6 heteroatoms. The third kappa shape index (κ3) is 8.18. The van der Waals surface area contributed by atoms with Crippen molar-refractivity contribution in [3.05, 3.63) is 29.8 Å². The van der Waals surface area contributed by atoms with E-state index in [4.69, 9.17) is 9.47 Å². The maximum atomic E-state index is 10.7. The van der Waals surface area contributed by atoms with Crippen molar-refractivity contribution in [1.82, 2.24) is 10.6 Å². The van der Waals surface area contributed by atoms with Gasteiger partial charge >= 0.3 is 0 Å². The van der Waals surface area contributed by atoms with Gasteiger partial charge in [-0.25, -0.2) is 4.99 Å². The van der Waals surface area contributed by atoms with E-state index in [2.05, 4.69) is 15.6 Å². The lowest BCUT2D eigenvalue weighted by Gasteiger charge is -2.32. The van der Waals surface area contributed by atoms with E-state index < -0.39 is 5.60 Å². The highest BCUT2D eigenvalue weighted by molar-refractivity contribution is 5.79. The van der Waals surface area contributed by atoms with E-state index in [0.717, 1.165) is 69.1 Å². The molecule has 1 aliphatic rings. The van der Waals surface area contributed by atoms with E-state index >= 15 is 0 Å². The van der Waals surface area contributed by atoms with Gasteiger partial charge in [-0.05, 0) is 43.9 Å². The minimum atomic E-state index is -0.619. The van der Waals surface area contributed by atoms with Crippen LogP contribution in [0, 0.1) is 0 Å². The number of aliphatic imine (C=N–C) groups is 1. The van der Waals surface area contributed by atoms with Gasteiger partial charge in [0.1, 0.15) is 5.75 Å². The molecular formula is C21H35N3O3. The average Bonchev–Trinajstić information content (AvgIpc) is 2.70. The van der Waals surface area contributed by atoms with Gasteiger partial charge in [-0.1, -0.05) is 31.4 Å². The van der Waals surface area contributed by atoms with E-state index in [-0.39, 0.29) is 0 Å². The lowest BCUT2D eigenvalue weighted by atomic mass is 9.85. The number of guanidine groups is 1. The molecule has 1 aromatic rings. The van der Waals surface area contributed by atoms with E-state index in [1.54, 1.807) is 7.11 Å². The fraction of sp³-hybridized carbons (Fsp3) is 0.667. The van der Waals surface area contributed by atoms with Crippen molar-refractivity contribution < 1.29 is 14.6 Å². The van der Waals surface area contributed by atoms with Gasteiger partial charge in [-0.2, -0.15) is 0 Å². The van der Waals surface area contributed by atoms with Gasteiger partial charge in [0, 0.05) is 26.3 Å². The third-order valence-corrected chi connectivity index (χ3v) is 4.91. The summed E-state index contributed by atoms with van der Waals surface area (Å²) in [5, 5.41) is 17.4. The lowest BCUT2D eigenvalue weighted by Crippen LogP contribution is -2.48. The molecule has 0 saturated heterocycles. The zero-order chi connectivity index (χ0) is 19.4. The molecule has 1 aromatic carbocycles. The molecule has 0 unspecified atom stereocenters. The Morgan fingerprint density at radius 3 is 2.56 bits per heavy atom. The summed E-state index contributed by atoms with van der Waals surface area (Å²) in [5.41, 5.74) is 0.495. The van der Waals surface area contributed by atoms with E-state index in [1.807, 2.05) is 31.2 Å². The normalized spacial score (nSPS) is 16.8. The predicted molar refractivity (Wildman–Crippen MR) is 109 cm³/mol. The number of benzene rings is 1. The fourth-order valence-electron chi connectivity index (χ4n) is 3.24. The molecule has 0 aliphatic heterocycles. The highest BCUT2D eigenvalue weighted by Gasteiger charge is 2.29. The van der Waals surface area contributed by atoms with E-state index in [9.17, 15) is 5.11 Å². The zero-order valence-electron chi connectivity index (χ0n) is 16.8. The Morgan fingerprint density at radius 1 is 1.15 bits per heavy atom. The Morgan fingerprint density at radius 2 is 1.89 bits per heavy atom. The Hall–Kier alpha value is -1.79. The molecular weight excluding hydrogens is 342 g/mol. The van der Waals surface area contributed by atoms with Crippen LogP contribution in [0.25, 0.3) is 0 Å². The van der Waals surface area contributed by atoms with Crippen molar-refractivity contribution in [3.8, 4) is 5.75 Å². The van der Waals surface area contributed by atoms with Crippen molar-refractivity contribution in [1.29, 1.82) is 0 Å². The smallest absolute Gasteiger partial charge is 0.191 e. The van der Waals surface area contributed by atoms with Crippen LogP contribution in [0.3, 0.4) is 0 Å². The van der Waals surface area contributed by atoms with Gasteiger partial charge in [-0.3, -0.25) is 0 Å². The van der Waals surface area contributed by atoms with Crippen LogP contribution in [0.4, 0.5) is 0 Å². The summed E-state index contributed by atoms with van der Waals surface area (Å²) in [7, 11) is 1.66. The standard InChI is InChI=1S/C21H35N3O3/c1-3-27-15-7-14-22-20(24-17-21(25)12-5-4-6-13-21)23-16-18-8-10-19(26-2)11-9-18/h8-11,25H,3-7,12-17H2,1-2H3,(H2,22,23,24). The molecule has 152 valence electrons. The van der Waals surface area contributed by atoms with E-state index in [0.29, 0.717) is 13.1 Å². The highest BCUT2D eigenvalue weighted by Crippen LogP contribution is 2.27. The zero-order valence-corrected chi connectivity index (χ0v) is 16.8. The molecule has 27 heavy (non-hydrogen) atoms. The summed E-state index contributed by atoms with van der Waals surface area (Å²) in [6.07, 6.45) is 6.04. The first-order valence-electron chi connectivity index (χ1n) is 10.1. The van der Waals surface area contributed by atoms with Crippen LogP contribution in [0.1, 0.15) is 51.0 Å².